The van der Waals surface area contributed by atoms with Gasteiger partial charge in [0.25, 0.3) is 0 Å². The fraction of sp³-hybridized carbons (Fsp3) is 1.00. The summed E-state index contributed by atoms with van der Waals surface area (Å²) in [6.07, 6.45) is 3.70. The minimum atomic E-state index is -2.64. The molecule has 1 nitrogen and oxygen atoms in total. The van der Waals surface area contributed by atoms with Crippen LogP contribution in [0.1, 0.15) is 53.4 Å². The summed E-state index contributed by atoms with van der Waals surface area (Å²) >= 11 is 0. The molecule has 0 amide bonds. The molecule has 92 valence electrons. The van der Waals surface area contributed by atoms with Gasteiger partial charge in [-0.25, -0.2) is 0 Å². The Bertz CT molecular complexity index is 147. The third-order valence-corrected chi connectivity index (χ3v) is 2.54. The zero-order valence-electron chi connectivity index (χ0n) is 10.3. The first-order valence-corrected chi connectivity index (χ1v) is 5.87. The Kier molecular flexibility index (Phi) is 7.93. The Morgan fingerprint density at radius 3 is 1.87 bits per heavy atom. The van der Waals surface area contributed by atoms with E-state index in [-0.39, 0.29) is 12.0 Å². The van der Waals surface area contributed by atoms with Gasteiger partial charge in [-0.15, -0.1) is 0 Å². The first kappa shape index (κ1) is 14.8. The molecule has 0 saturated heterocycles. The lowest BCUT2D eigenvalue weighted by molar-refractivity contribution is -0.175. The zero-order valence-corrected chi connectivity index (χ0v) is 10.3. The van der Waals surface area contributed by atoms with Crippen LogP contribution >= 0.6 is 0 Å². The second kappa shape index (κ2) is 8.03. The standard InChI is InChI=1S/C12H24F2O/c1-9(2)7-5-6-8-11(10(3)4)15-12(13)14/h9-12H,5-8H2,1-4H3. The summed E-state index contributed by atoms with van der Waals surface area (Å²) in [6, 6.07) is 0. The summed E-state index contributed by atoms with van der Waals surface area (Å²) in [5.74, 6) is 0.858. The topological polar surface area (TPSA) is 9.23 Å². The van der Waals surface area contributed by atoms with Crippen molar-refractivity contribution in [3.63, 3.8) is 0 Å². The minimum absolute atomic E-state index is 0.165. The first-order chi connectivity index (χ1) is 6.93. The minimum Gasteiger partial charge on any atom is -0.319 e. The number of hydrogen-bond donors (Lipinski definition) is 0. The summed E-state index contributed by atoms with van der Waals surface area (Å²) in [5.41, 5.74) is 0. The highest BCUT2D eigenvalue weighted by Crippen LogP contribution is 2.18. The second-order valence-corrected chi connectivity index (χ2v) is 4.86. The van der Waals surface area contributed by atoms with E-state index in [1.54, 1.807) is 0 Å². The molecule has 0 aromatic carbocycles. The average molecular weight is 222 g/mol. The fourth-order valence-electron chi connectivity index (χ4n) is 1.59. The van der Waals surface area contributed by atoms with Crippen molar-refractivity contribution in [2.45, 2.75) is 66.1 Å². The molecule has 0 aliphatic carbocycles. The second-order valence-electron chi connectivity index (χ2n) is 4.86. The SMILES string of the molecule is CC(C)CCCCC(OC(F)F)C(C)C. The molecule has 0 bridgehead atoms. The maximum absolute atomic E-state index is 12.1. The van der Waals surface area contributed by atoms with Crippen molar-refractivity contribution >= 4 is 0 Å². The zero-order chi connectivity index (χ0) is 11.8. The van der Waals surface area contributed by atoms with Crippen molar-refractivity contribution in [2.24, 2.45) is 11.8 Å². The van der Waals surface area contributed by atoms with Gasteiger partial charge in [0.2, 0.25) is 0 Å². The smallest absolute Gasteiger partial charge is 0.319 e. The van der Waals surface area contributed by atoms with Gasteiger partial charge in [-0.1, -0.05) is 47.0 Å². The third-order valence-electron chi connectivity index (χ3n) is 2.54. The number of alkyl halides is 2. The molecule has 15 heavy (non-hydrogen) atoms. The molecule has 0 spiro atoms. The van der Waals surface area contributed by atoms with Crippen LogP contribution in [-0.2, 0) is 4.74 Å². The Morgan fingerprint density at radius 1 is 0.933 bits per heavy atom. The van der Waals surface area contributed by atoms with E-state index in [1.807, 2.05) is 13.8 Å². The predicted octanol–water partition coefficient (Wildman–Crippen LogP) is 4.47. The van der Waals surface area contributed by atoms with Crippen molar-refractivity contribution in [1.82, 2.24) is 0 Å². The molecule has 0 aliphatic heterocycles. The Morgan fingerprint density at radius 2 is 1.47 bits per heavy atom. The lowest BCUT2D eigenvalue weighted by Gasteiger charge is -2.20. The van der Waals surface area contributed by atoms with Crippen LogP contribution in [0.2, 0.25) is 0 Å². The summed E-state index contributed by atoms with van der Waals surface area (Å²) in [7, 11) is 0. The summed E-state index contributed by atoms with van der Waals surface area (Å²) < 4.78 is 28.7. The summed E-state index contributed by atoms with van der Waals surface area (Å²) in [6.45, 7) is 5.57. The van der Waals surface area contributed by atoms with E-state index >= 15 is 0 Å². The first-order valence-electron chi connectivity index (χ1n) is 5.87. The molecular formula is C12H24F2O. The molecule has 0 N–H and O–H groups in total. The molecule has 0 fully saturated rings. The summed E-state index contributed by atoms with van der Waals surface area (Å²) in [4.78, 5) is 0. The van der Waals surface area contributed by atoms with Crippen LogP contribution in [0.5, 0.6) is 0 Å². The van der Waals surface area contributed by atoms with Crippen molar-refractivity contribution in [3.8, 4) is 0 Å². The largest absolute Gasteiger partial charge is 0.345 e. The van der Waals surface area contributed by atoms with Crippen LogP contribution in [0.3, 0.4) is 0 Å². The number of rotatable bonds is 8. The predicted molar refractivity (Wildman–Crippen MR) is 59.0 cm³/mol. The van der Waals surface area contributed by atoms with Gasteiger partial charge in [0.05, 0.1) is 6.10 Å². The van der Waals surface area contributed by atoms with Crippen LogP contribution < -0.4 is 0 Å². The van der Waals surface area contributed by atoms with E-state index < -0.39 is 6.61 Å². The molecule has 0 heterocycles. The van der Waals surface area contributed by atoms with Crippen molar-refractivity contribution in [1.29, 1.82) is 0 Å². The van der Waals surface area contributed by atoms with E-state index in [0.29, 0.717) is 5.92 Å². The molecular weight excluding hydrogens is 198 g/mol. The van der Waals surface area contributed by atoms with Crippen molar-refractivity contribution < 1.29 is 13.5 Å². The quantitative estimate of drug-likeness (QED) is 0.551. The van der Waals surface area contributed by atoms with Crippen LogP contribution in [0.15, 0.2) is 0 Å². The van der Waals surface area contributed by atoms with Crippen LogP contribution in [0.4, 0.5) is 8.78 Å². The van der Waals surface area contributed by atoms with Crippen LogP contribution in [0.25, 0.3) is 0 Å². The molecule has 3 heteroatoms. The highest BCUT2D eigenvalue weighted by molar-refractivity contribution is 4.63. The van der Waals surface area contributed by atoms with Gasteiger partial charge in [0, 0.05) is 0 Å². The van der Waals surface area contributed by atoms with E-state index in [0.717, 1.165) is 19.3 Å². The van der Waals surface area contributed by atoms with E-state index in [4.69, 9.17) is 0 Å². The van der Waals surface area contributed by atoms with Gasteiger partial charge in [0.15, 0.2) is 0 Å². The number of unbranched alkanes of at least 4 members (excludes halogenated alkanes) is 1. The van der Waals surface area contributed by atoms with Crippen molar-refractivity contribution in [2.75, 3.05) is 0 Å². The van der Waals surface area contributed by atoms with E-state index in [9.17, 15) is 8.78 Å². The van der Waals surface area contributed by atoms with E-state index in [2.05, 4.69) is 18.6 Å². The maximum Gasteiger partial charge on any atom is 0.345 e. The Hall–Kier alpha value is -0.180. The molecule has 0 aromatic rings. The van der Waals surface area contributed by atoms with Gasteiger partial charge in [-0.3, -0.25) is 0 Å². The molecule has 0 radical (unpaired) electrons. The number of halogens is 2. The molecule has 0 saturated carbocycles. The van der Waals surface area contributed by atoms with Crippen molar-refractivity contribution in [3.05, 3.63) is 0 Å². The van der Waals surface area contributed by atoms with Gasteiger partial charge in [0.1, 0.15) is 0 Å². The highest BCUT2D eigenvalue weighted by atomic mass is 19.3. The molecule has 1 unspecified atom stereocenters. The average Bonchev–Trinajstić information content (AvgIpc) is 2.08. The molecule has 1 atom stereocenters. The van der Waals surface area contributed by atoms with Gasteiger partial charge >= 0.3 is 6.61 Å². The van der Waals surface area contributed by atoms with E-state index in [1.165, 1.54) is 6.42 Å². The van der Waals surface area contributed by atoms with Crippen LogP contribution in [-0.4, -0.2) is 12.7 Å². The summed E-state index contributed by atoms with van der Waals surface area (Å²) in [5, 5.41) is 0. The lowest BCUT2D eigenvalue weighted by atomic mass is 9.98. The fourth-order valence-corrected chi connectivity index (χ4v) is 1.59. The highest BCUT2D eigenvalue weighted by Gasteiger charge is 2.18. The number of hydrogen-bond acceptors (Lipinski definition) is 1. The van der Waals surface area contributed by atoms with Gasteiger partial charge in [-0.05, 0) is 18.3 Å². The molecule has 0 rings (SSSR count). The van der Waals surface area contributed by atoms with Gasteiger partial charge in [-0.2, -0.15) is 8.78 Å². The molecule has 0 aliphatic rings. The molecule has 0 aromatic heterocycles. The normalized spacial score (nSPS) is 14.2. The number of ether oxygens (including phenoxy) is 1. The third kappa shape index (κ3) is 8.79. The van der Waals surface area contributed by atoms with Gasteiger partial charge < -0.3 is 4.74 Å². The maximum atomic E-state index is 12.1. The Labute approximate surface area is 92.2 Å². The monoisotopic (exact) mass is 222 g/mol. The van der Waals surface area contributed by atoms with Crippen LogP contribution in [0, 0.1) is 11.8 Å². The lowest BCUT2D eigenvalue weighted by Crippen LogP contribution is -2.22. The Balaban J connectivity index is 3.67.